The molecule has 2 rings (SSSR count). The van der Waals surface area contributed by atoms with E-state index in [1.54, 1.807) is 38.4 Å². The second-order valence-electron chi connectivity index (χ2n) is 5.77. The molecule has 1 aromatic heterocycles. The number of hydrogen-bond acceptors (Lipinski definition) is 4. The lowest BCUT2D eigenvalue weighted by Gasteiger charge is -2.26. The molecule has 0 radical (unpaired) electrons. The van der Waals surface area contributed by atoms with E-state index in [1.807, 2.05) is 0 Å². The van der Waals surface area contributed by atoms with Crippen LogP contribution in [0, 0.1) is 5.92 Å². The summed E-state index contributed by atoms with van der Waals surface area (Å²) < 4.78 is 27.7. The molecule has 0 amide bonds. The summed E-state index contributed by atoms with van der Waals surface area (Å²) in [6, 6.07) is 3.29. The Morgan fingerprint density at radius 3 is 2.45 bits per heavy atom. The minimum Gasteiger partial charge on any atom is -0.481 e. The predicted molar refractivity (Wildman–Crippen MR) is 81.5 cm³/mol. The Morgan fingerprint density at radius 1 is 1.36 bits per heavy atom. The molecule has 1 aromatic rings. The highest BCUT2D eigenvalue weighted by molar-refractivity contribution is 7.86. The average molecular weight is 327 g/mol. The Bertz CT molecular complexity index is 633. The molecule has 0 bridgehead atoms. The highest BCUT2D eigenvalue weighted by Gasteiger charge is 2.44. The first-order chi connectivity index (χ1) is 10.2. The zero-order valence-corrected chi connectivity index (χ0v) is 13.7. The number of aliphatic carboxylic acids is 1. The van der Waals surface area contributed by atoms with Gasteiger partial charge in [0.05, 0.1) is 5.92 Å². The smallest absolute Gasteiger partial charge is 0.308 e. The van der Waals surface area contributed by atoms with E-state index in [-0.39, 0.29) is 25.0 Å². The fraction of sp³-hybridized carbons (Fsp3) is 0.571. The normalized spacial score (nSPS) is 23.3. The van der Waals surface area contributed by atoms with Crippen molar-refractivity contribution in [1.29, 1.82) is 0 Å². The average Bonchev–Trinajstić information content (AvgIpc) is 2.93. The molecule has 0 saturated carbocycles. The van der Waals surface area contributed by atoms with Gasteiger partial charge in [0.2, 0.25) is 0 Å². The molecule has 1 aliphatic heterocycles. The van der Waals surface area contributed by atoms with Crippen LogP contribution in [0.25, 0.3) is 0 Å². The van der Waals surface area contributed by atoms with Crippen LogP contribution < -0.4 is 0 Å². The molecule has 1 saturated heterocycles. The van der Waals surface area contributed by atoms with Crippen molar-refractivity contribution in [2.24, 2.45) is 5.92 Å². The lowest BCUT2D eigenvalue weighted by atomic mass is 9.90. The first kappa shape index (κ1) is 16.9. The monoisotopic (exact) mass is 327 g/mol. The second-order valence-corrected chi connectivity index (χ2v) is 7.75. The van der Waals surface area contributed by atoms with E-state index in [2.05, 4.69) is 4.98 Å². The Balaban J connectivity index is 2.30. The van der Waals surface area contributed by atoms with Crippen molar-refractivity contribution in [2.45, 2.75) is 25.8 Å². The standard InChI is InChI=1S/C14H21N3O4S/c1-10(2)16(3)22(20,21)17-8-12(13(9-17)14(18)19)11-4-6-15-7-5-11/h4-7,10,12-13H,8-9H2,1-3H3,(H,18,19)/t12-,13+/m0/s1. The molecule has 1 N–H and O–H groups in total. The highest BCUT2D eigenvalue weighted by Crippen LogP contribution is 2.34. The lowest BCUT2D eigenvalue weighted by molar-refractivity contribution is -0.141. The van der Waals surface area contributed by atoms with Crippen molar-refractivity contribution in [3.05, 3.63) is 30.1 Å². The van der Waals surface area contributed by atoms with Crippen LogP contribution in [-0.2, 0) is 15.0 Å². The Labute approximate surface area is 130 Å². The molecule has 0 spiro atoms. The fourth-order valence-corrected chi connectivity index (χ4v) is 4.20. The van der Waals surface area contributed by atoms with Crippen molar-refractivity contribution in [3.63, 3.8) is 0 Å². The Kier molecular flexibility index (Phi) is 4.84. The quantitative estimate of drug-likeness (QED) is 0.862. The van der Waals surface area contributed by atoms with Gasteiger partial charge in [-0.05, 0) is 31.5 Å². The minimum absolute atomic E-state index is 0.0122. The predicted octanol–water partition coefficient (Wildman–Crippen LogP) is 0.767. The molecular weight excluding hydrogens is 306 g/mol. The van der Waals surface area contributed by atoms with Crippen LogP contribution in [0.2, 0.25) is 0 Å². The molecule has 2 heterocycles. The topological polar surface area (TPSA) is 90.8 Å². The molecule has 2 atom stereocenters. The maximum atomic E-state index is 12.6. The van der Waals surface area contributed by atoms with Crippen molar-refractivity contribution < 1.29 is 18.3 Å². The van der Waals surface area contributed by atoms with Crippen molar-refractivity contribution >= 4 is 16.2 Å². The summed E-state index contributed by atoms with van der Waals surface area (Å²) in [5, 5.41) is 9.43. The third kappa shape index (κ3) is 3.13. The van der Waals surface area contributed by atoms with Gasteiger partial charge in [-0.2, -0.15) is 17.0 Å². The summed E-state index contributed by atoms with van der Waals surface area (Å²) >= 11 is 0. The summed E-state index contributed by atoms with van der Waals surface area (Å²) in [6.07, 6.45) is 3.18. The molecule has 0 unspecified atom stereocenters. The fourth-order valence-electron chi connectivity index (χ4n) is 2.60. The SMILES string of the molecule is CC(C)N(C)S(=O)(=O)N1C[C@@H](C(=O)O)[C@H](c2ccncc2)C1. The Morgan fingerprint density at radius 2 is 1.95 bits per heavy atom. The number of pyridine rings is 1. The van der Waals surface area contributed by atoms with Gasteiger partial charge >= 0.3 is 5.97 Å². The third-order valence-corrected chi connectivity index (χ3v) is 6.26. The summed E-state index contributed by atoms with van der Waals surface area (Å²) in [5.74, 6) is -2.10. The minimum atomic E-state index is -3.66. The maximum absolute atomic E-state index is 12.6. The molecule has 8 heteroatoms. The van der Waals surface area contributed by atoms with Gasteiger partial charge in [-0.1, -0.05) is 0 Å². The number of rotatable bonds is 5. The summed E-state index contributed by atoms with van der Waals surface area (Å²) in [6.45, 7) is 3.72. The van der Waals surface area contributed by atoms with Crippen LogP contribution in [0.1, 0.15) is 25.3 Å². The van der Waals surface area contributed by atoms with Crippen LogP contribution >= 0.6 is 0 Å². The number of aromatic nitrogens is 1. The van der Waals surface area contributed by atoms with E-state index in [1.165, 1.54) is 15.7 Å². The summed E-state index contributed by atoms with van der Waals surface area (Å²) in [4.78, 5) is 15.4. The summed E-state index contributed by atoms with van der Waals surface area (Å²) in [7, 11) is -2.15. The van der Waals surface area contributed by atoms with E-state index >= 15 is 0 Å². The molecule has 1 aliphatic rings. The number of carboxylic acid groups (broad SMARTS) is 1. The molecule has 0 aromatic carbocycles. The van der Waals surface area contributed by atoms with Gasteiger partial charge in [-0.25, -0.2) is 0 Å². The van der Waals surface area contributed by atoms with E-state index in [4.69, 9.17) is 0 Å². The van der Waals surface area contributed by atoms with Gasteiger partial charge < -0.3 is 5.11 Å². The van der Waals surface area contributed by atoms with Crippen LogP contribution in [0.4, 0.5) is 0 Å². The van der Waals surface area contributed by atoms with E-state index in [0.717, 1.165) is 5.56 Å². The number of carboxylic acids is 1. The van der Waals surface area contributed by atoms with Crippen molar-refractivity contribution in [1.82, 2.24) is 13.6 Å². The van der Waals surface area contributed by atoms with E-state index in [0.29, 0.717) is 0 Å². The molecule has 7 nitrogen and oxygen atoms in total. The van der Waals surface area contributed by atoms with Crippen molar-refractivity contribution in [3.8, 4) is 0 Å². The van der Waals surface area contributed by atoms with Gasteiger partial charge in [0, 0.05) is 44.5 Å². The zero-order chi connectivity index (χ0) is 16.5. The first-order valence-corrected chi connectivity index (χ1v) is 8.50. The van der Waals surface area contributed by atoms with Crippen molar-refractivity contribution in [2.75, 3.05) is 20.1 Å². The number of nitrogens with zero attached hydrogens (tertiary/aromatic N) is 3. The lowest BCUT2D eigenvalue weighted by Crippen LogP contribution is -2.44. The number of carbonyl (C=O) groups is 1. The second kappa shape index (κ2) is 6.31. The third-order valence-electron chi connectivity index (χ3n) is 4.16. The first-order valence-electron chi connectivity index (χ1n) is 7.11. The zero-order valence-electron chi connectivity index (χ0n) is 12.9. The highest BCUT2D eigenvalue weighted by atomic mass is 32.2. The van der Waals surface area contributed by atoms with Crippen LogP contribution in [-0.4, -0.2) is 59.3 Å². The molecular formula is C14H21N3O4S. The van der Waals surface area contributed by atoms with Gasteiger partial charge in [0.25, 0.3) is 10.2 Å². The molecule has 122 valence electrons. The summed E-state index contributed by atoms with van der Waals surface area (Å²) in [5.41, 5.74) is 0.798. The molecule has 0 aliphatic carbocycles. The number of hydrogen-bond donors (Lipinski definition) is 1. The van der Waals surface area contributed by atoms with Gasteiger partial charge in [0.1, 0.15) is 0 Å². The van der Waals surface area contributed by atoms with Gasteiger partial charge in [-0.3, -0.25) is 9.78 Å². The van der Waals surface area contributed by atoms with E-state index in [9.17, 15) is 18.3 Å². The maximum Gasteiger partial charge on any atom is 0.308 e. The van der Waals surface area contributed by atoms with Crippen LogP contribution in [0.3, 0.4) is 0 Å². The van der Waals surface area contributed by atoms with Gasteiger partial charge in [-0.15, -0.1) is 0 Å². The van der Waals surface area contributed by atoms with Gasteiger partial charge in [0.15, 0.2) is 0 Å². The Hall–Kier alpha value is -1.51. The van der Waals surface area contributed by atoms with E-state index < -0.39 is 22.1 Å². The van der Waals surface area contributed by atoms with Crippen LogP contribution in [0.15, 0.2) is 24.5 Å². The largest absolute Gasteiger partial charge is 0.481 e. The van der Waals surface area contributed by atoms with Crippen LogP contribution in [0.5, 0.6) is 0 Å². The molecule has 22 heavy (non-hydrogen) atoms. The molecule has 1 fully saturated rings.